The minimum absolute atomic E-state index is 0.229. The minimum Gasteiger partial charge on any atom is -0.482 e. The Balaban J connectivity index is 1.57. The summed E-state index contributed by atoms with van der Waals surface area (Å²) < 4.78 is 10.8. The molecular formula is C19H22Cl2N4O4. The van der Waals surface area contributed by atoms with E-state index in [-0.39, 0.29) is 18.6 Å². The Labute approximate surface area is 178 Å². The van der Waals surface area contributed by atoms with Crippen molar-refractivity contribution in [2.75, 3.05) is 18.5 Å². The van der Waals surface area contributed by atoms with Crippen LogP contribution in [0.15, 0.2) is 18.2 Å². The number of rotatable bonds is 4. The number of nitrogens with one attached hydrogen (secondary N) is 2. The van der Waals surface area contributed by atoms with E-state index in [0.29, 0.717) is 41.1 Å². The average Bonchev–Trinajstić information content (AvgIpc) is 3.01. The summed E-state index contributed by atoms with van der Waals surface area (Å²) in [5, 5.41) is 10.6. The van der Waals surface area contributed by atoms with Gasteiger partial charge in [-0.2, -0.15) is 5.10 Å². The third-order valence-electron chi connectivity index (χ3n) is 4.10. The number of benzene rings is 1. The summed E-state index contributed by atoms with van der Waals surface area (Å²) in [6, 6.07) is 4.76. The van der Waals surface area contributed by atoms with Crippen molar-refractivity contribution in [2.45, 2.75) is 39.3 Å². The highest BCUT2D eigenvalue weighted by Crippen LogP contribution is 2.28. The number of fused-ring (bicyclic) bond motifs is 1. The summed E-state index contributed by atoms with van der Waals surface area (Å²) in [7, 11) is 0. The Kier molecular flexibility index (Phi) is 6.24. The lowest BCUT2D eigenvalue weighted by molar-refractivity contribution is -0.118. The van der Waals surface area contributed by atoms with Crippen LogP contribution in [-0.4, -0.2) is 45.9 Å². The van der Waals surface area contributed by atoms with Gasteiger partial charge in [0.2, 0.25) is 0 Å². The molecule has 2 N–H and O–H groups in total. The van der Waals surface area contributed by atoms with Crippen molar-refractivity contribution in [3.05, 3.63) is 39.5 Å². The third-order valence-corrected chi connectivity index (χ3v) is 4.63. The molecule has 1 aliphatic rings. The molecule has 0 saturated heterocycles. The van der Waals surface area contributed by atoms with Gasteiger partial charge in [0.1, 0.15) is 11.4 Å². The van der Waals surface area contributed by atoms with Crippen LogP contribution in [0.25, 0.3) is 0 Å². The van der Waals surface area contributed by atoms with Crippen LogP contribution in [0.3, 0.4) is 0 Å². The molecule has 3 rings (SSSR count). The number of halogens is 2. The Morgan fingerprint density at radius 1 is 1.31 bits per heavy atom. The molecular weight excluding hydrogens is 419 g/mol. The largest absolute Gasteiger partial charge is 0.482 e. The first-order valence-electron chi connectivity index (χ1n) is 9.04. The Bertz CT molecular complexity index is 923. The molecule has 2 aromatic rings. The first-order chi connectivity index (χ1) is 13.6. The molecule has 0 unspecified atom stereocenters. The highest BCUT2D eigenvalue weighted by Gasteiger charge is 2.28. The van der Waals surface area contributed by atoms with E-state index in [4.69, 9.17) is 32.7 Å². The molecule has 0 saturated carbocycles. The van der Waals surface area contributed by atoms with E-state index in [0.717, 1.165) is 11.3 Å². The topological polar surface area (TPSA) is 96.6 Å². The molecule has 0 atom stereocenters. The Morgan fingerprint density at radius 3 is 2.76 bits per heavy atom. The lowest BCUT2D eigenvalue weighted by Crippen LogP contribution is -2.40. The monoisotopic (exact) mass is 440 g/mol. The van der Waals surface area contributed by atoms with Crippen LogP contribution in [0.5, 0.6) is 5.75 Å². The maximum atomic E-state index is 12.2. The molecule has 0 bridgehead atoms. The lowest BCUT2D eigenvalue weighted by atomic mass is 10.1. The van der Waals surface area contributed by atoms with Gasteiger partial charge in [0.15, 0.2) is 12.4 Å². The fourth-order valence-electron chi connectivity index (χ4n) is 2.81. The summed E-state index contributed by atoms with van der Waals surface area (Å²) in [6.07, 6.45) is 0.168. The van der Waals surface area contributed by atoms with Crippen LogP contribution >= 0.6 is 23.2 Å². The highest BCUT2D eigenvalue weighted by molar-refractivity contribution is 6.35. The van der Waals surface area contributed by atoms with Gasteiger partial charge < -0.3 is 19.7 Å². The van der Waals surface area contributed by atoms with E-state index in [1.807, 2.05) is 20.8 Å². The Hall–Kier alpha value is -2.45. The second kappa shape index (κ2) is 8.51. The summed E-state index contributed by atoms with van der Waals surface area (Å²) in [5.41, 5.74) is 1.07. The van der Waals surface area contributed by atoms with E-state index in [9.17, 15) is 9.59 Å². The molecule has 2 amide bonds. The van der Waals surface area contributed by atoms with Crippen molar-refractivity contribution in [1.82, 2.24) is 15.1 Å². The fourth-order valence-corrected chi connectivity index (χ4v) is 3.27. The number of hydrogen-bond acceptors (Lipinski definition) is 5. The molecule has 8 nitrogen and oxygen atoms in total. The number of aromatic amines is 1. The molecule has 0 radical (unpaired) electrons. The number of carbonyl (C=O) groups excluding carboxylic acids is 2. The molecule has 29 heavy (non-hydrogen) atoms. The first-order valence-corrected chi connectivity index (χ1v) is 9.80. The summed E-state index contributed by atoms with van der Waals surface area (Å²) in [5.74, 6) is 0.419. The van der Waals surface area contributed by atoms with E-state index in [2.05, 4.69) is 15.5 Å². The van der Waals surface area contributed by atoms with Crippen molar-refractivity contribution >= 4 is 41.0 Å². The molecule has 10 heteroatoms. The average molecular weight is 441 g/mol. The summed E-state index contributed by atoms with van der Waals surface area (Å²) in [6.45, 7) is 6.05. The molecule has 2 heterocycles. The minimum atomic E-state index is -0.558. The zero-order valence-electron chi connectivity index (χ0n) is 16.3. The van der Waals surface area contributed by atoms with Crippen molar-refractivity contribution in [2.24, 2.45) is 0 Å². The predicted molar refractivity (Wildman–Crippen MR) is 110 cm³/mol. The van der Waals surface area contributed by atoms with Crippen LogP contribution in [0.2, 0.25) is 10.0 Å². The van der Waals surface area contributed by atoms with E-state index < -0.39 is 5.60 Å². The maximum absolute atomic E-state index is 12.2. The smallest absolute Gasteiger partial charge is 0.410 e. The molecule has 1 aromatic carbocycles. The van der Waals surface area contributed by atoms with Crippen molar-refractivity contribution in [3.8, 4) is 5.75 Å². The number of nitrogens with zero attached hydrogens (tertiary/aromatic N) is 2. The number of H-pyrrole nitrogens is 1. The number of hydrogen-bond donors (Lipinski definition) is 2. The maximum Gasteiger partial charge on any atom is 0.410 e. The lowest BCUT2D eigenvalue weighted by Gasteiger charge is -2.29. The zero-order chi connectivity index (χ0) is 21.2. The summed E-state index contributed by atoms with van der Waals surface area (Å²) in [4.78, 5) is 26.1. The Morgan fingerprint density at radius 2 is 2.07 bits per heavy atom. The standard InChI is InChI=1S/C19H22Cl2N4O4/c1-19(2,3)29-18(27)25-7-6-12-14(9-25)23-24-17(12)22-16(26)10-28-15-5-4-11(20)8-13(15)21/h4-5,8H,6-7,9-10H2,1-3H3,(H2,22,23,24,26). The normalized spacial score (nSPS) is 13.6. The van der Waals surface area contributed by atoms with Crippen molar-refractivity contribution < 1.29 is 19.1 Å². The second-order valence-corrected chi connectivity index (χ2v) is 8.44. The van der Waals surface area contributed by atoms with Gasteiger partial charge >= 0.3 is 6.09 Å². The number of carbonyl (C=O) groups is 2. The van der Waals surface area contributed by atoms with Crippen LogP contribution in [-0.2, 0) is 22.5 Å². The zero-order valence-corrected chi connectivity index (χ0v) is 17.9. The van der Waals surface area contributed by atoms with Crippen LogP contribution in [0, 0.1) is 0 Å². The van der Waals surface area contributed by atoms with Crippen LogP contribution in [0.1, 0.15) is 32.0 Å². The third kappa shape index (κ3) is 5.55. The second-order valence-electron chi connectivity index (χ2n) is 7.59. The first kappa shape index (κ1) is 21.3. The predicted octanol–water partition coefficient (Wildman–Crippen LogP) is 4.03. The molecule has 0 aliphatic carbocycles. The molecule has 1 aliphatic heterocycles. The molecule has 156 valence electrons. The van der Waals surface area contributed by atoms with Crippen LogP contribution < -0.4 is 10.1 Å². The van der Waals surface area contributed by atoms with Gasteiger partial charge in [-0.15, -0.1) is 0 Å². The van der Waals surface area contributed by atoms with Gasteiger partial charge in [0, 0.05) is 17.1 Å². The number of anilines is 1. The van der Waals surface area contributed by atoms with E-state index in [1.165, 1.54) is 6.07 Å². The molecule has 1 aromatic heterocycles. The van der Waals surface area contributed by atoms with E-state index >= 15 is 0 Å². The van der Waals surface area contributed by atoms with Gasteiger partial charge in [-0.1, -0.05) is 23.2 Å². The molecule has 0 spiro atoms. The highest BCUT2D eigenvalue weighted by atomic mass is 35.5. The van der Waals surface area contributed by atoms with Gasteiger partial charge in [-0.25, -0.2) is 4.79 Å². The number of aromatic nitrogens is 2. The van der Waals surface area contributed by atoms with Crippen molar-refractivity contribution in [3.63, 3.8) is 0 Å². The number of ether oxygens (including phenoxy) is 2. The van der Waals surface area contributed by atoms with Gasteiger partial charge in [0.25, 0.3) is 5.91 Å². The quantitative estimate of drug-likeness (QED) is 0.747. The van der Waals surface area contributed by atoms with Crippen molar-refractivity contribution in [1.29, 1.82) is 0 Å². The SMILES string of the molecule is CC(C)(C)OC(=O)N1CCc2c(NC(=O)COc3ccc(Cl)cc3Cl)n[nH]c2C1. The van der Waals surface area contributed by atoms with Gasteiger partial charge in [-0.3, -0.25) is 9.89 Å². The molecule has 0 fully saturated rings. The van der Waals surface area contributed by atoms with Gasteiger partial charge in [0.05, 0.1) is 17.3 Å². The summed E-state index contributed by atoms with van der Waals surface area (Å²) >= 11 is 11.9. The fraction of sp³-hybridized carbons (Fsp3) is 0.421. The van der Waals surface area contributed by atoms with E-state index in [1.54, 1.807) is 17.0 Å². The van der Waals surface area contributed by atoms with Gasteiger partial charge in [-0.05, 0) is 45.4 Å². The van der Waals surface area contributed by atoms with Crippen LogP contribution in [0.4, 0.5) is 10.6 Å². The number of amides is 2.